The summed E-state index contributed by atoms with van der Waals surface area (Å²) in [6.45, 7) is 5.45. The van der Waals surface area contributed by atoms with Crippen molar-refractivity contribution in [1.29, 1.82) is 0 Å². The molecule has 0 bridgehead atoms. The van der Waals surface area contributed by atoms with Crippen LogP contribution in [0.25, 0.3) is 0 Å². The Morgan fingerprint density at radius 1 is 1.08 bits per heavy atom. The van der Waals surface area contributed by atoms with Crippen molar-refractivity contribution < 1.29 is 19.1 Å². The molecule has 0 aromatic heterocycles. The second-order valence-electron chi connectivity index (χ2n) is 6.29. The van der Waals surface area contributed by atoms with Crippen LogP contribution in [-0.2, 0) is 20.7 Å². The molecular formula is C21H25NO4. The summed E-state index contributed by atoms with van der Waals surface area (Å²) in [5, 5.41) is 2.81. The maximum atomic E-state index is 12.3. The van der Waals surface area contributed by atoms with Crippen LogP contribution in [0.3, 0.4) is 0 Å². The molecule has 0 saturated heterocycles. The van der Waals surface area contributed by atoms with Gasteiger partial charge in [-0.1, -0.05) is 24.3 Å². The Labute approximate surface area is 154 Å². The minimum absolute atomic E-state index is 0.216. The lowest BCUT2D eigenvalue weighted by atomic mass is 10.1. The lowest BCUT2D eigenvalue weighted by Gasteiger charge is -2.15. The topological polar surface area (TPSA) is 64.6 Å². The molecule has 0 fully saturated rings. The van der Waals surface area contributed by atoms with Crippen molar-refractivity contribution in [2.45, 2.75) is 39.7 Å². The first-order valence-electron chi connectivity index (χ1n) is 8.59. The summed E-state index contributed by atoms with van der Waals surface area (Å²) in [4.78, 5) is 24.3. The molecule has 1 N–H and O–H groups in total. The summed E-state index contributed by atoms with van der Waals surface area (Å²) in [5.41, 5.74) is 3.75. The molecule has 26 heavy (non-hydrogen) atoms. The number of hydrogen-bond acceptors (Lipinski definition) is 4. The Bertz CT molecular complexity index is 768. The first-order valence-corrected chi connectivity index (χ1v) is 8.59. The SMILES string of the molecule is COc1ccc(CCC(=O)O[C@@H](C)C(=O)Nc2cc(C)ccc2C)cc1. The first-order chi connectivity index (χ1) is 12.4. The van der Waals surface area contributed by atoms with Gasteiger partial charge in [0.15, 0.2) is 6.10 Å². The van der Waals surface area contributed by atoms with Crippen molar-refractivity contribution in [2.24, 2.45) is 0 Å². The number of anilines is 1. The van der Waals surface area contributed by atoms with E-state index < -0.39 is 12.1 Å². The molecule has 0 aliphatic rings. The number of hydrogen-bond donors (Lipinski definition) is 1. The summed E-state index contributed by atoms with van der Waals surface area (Å²) in [7, 11) is 1.61. The van der Waals surface area contributed by atoms with E-state index in [0.29, 0.717) is 6.42 Å². The fourth-order valence-corrected chi connectivity index (χ4v) is 2.45. The fourth-order valence-electron chi connectivity index (χ4n) is 2.45. The summed E-state index contributed by atoms with van der Waals surface area (Å²) in [6.07, 6.45) is -0.0834. The van der Waals surface area contributed by atoms with Crippen LogP contribution in [0.1, 0.15) is 30.0 Å². The molecule has 2 rings (SSSR count). The second kappa shape index (κ2) is 9.04. The Kier molecular flexibility index (Phi) is 6.78. The molecule has 1 amide bonds. The third-order valence-electron chi connectivity index (χ3n) is 4.11. The van der Waals surface area contributed by atoms with Crippen molar-refractivity contribution in [3.05, 3.63) is 59.2 Å². The molecule has 5 nitrogen and oxygen atoms in total. The summed E-state index contributed by atoms with van der Waals surface area (Å²) in [6, 6.07) is 13.3. The third kappa shape index (κ3) is 5.62. The number of rotatable bonds is 7. The van der Waals surface area contributed by atoms with Crippen LogP contribution < -0.4 is 10.1 Å². The Morgan fingerprint density at radius 3 is 2.42 bits per heavy atom. The maximum absolute atomic E-state index is 12.3. The van der Waals surface area contributed by atoms with Crippen molar-refractivity contribution in [3.63, 3.8) is 0 Å². The van der Waals surface area contributed by atoms with E-state index in [1.807, 2.05) is 56.3 Å². The van der Waals surface area contributed by atoms with Crippen LogP contribution >= 0.6 is 0 Å². The van der Waals surface area contributed by atoms with Gasteiger partial charge in [-0.15, -0.1) is 0 Å². The van der Waals surface area contributed by atoms with Gasteiger partial charge in [0.05, 0.1) is 7.11 Å². The highest BCUT2D eigenvalue weighted by Gasteiger charge is 2.18. The van der Waals surface area contributed by atoms with Gasteiger partial charge in [-0.25, -0.2) is 0 Å². The molecule has 0 heterocycles. The van der Waals surface area contributed by atoms with E-state index in [1.54, 1.807) is 14.0 Å². The van der Waals surface area contributed by atoms with Crippen LogP contribution in [-0.4, -0.2) is 25.1 Å². The van der Waals surface area contributed by atoms with Gasteiger partial charge in [0.2, 0.25) is 0 Å². The number of methoxy groups -OCH3 is 1. The van der Waals surface area contributed by atoms with Crippen LogP contribution in [0.5, 0.6) is 5.75 Å². The lowest BCUT2D eigenvalue weighted by molar-refractivity contribution is -0.153. The van der Waals surface area contributed by atoms with Gasteiger partial charge in [-0.05, 0) is 62.1 Å². The maximum Gasteiger partial charge on any atom is 0.306 e. The first kappa shape index (κ1) is 19.5. The fraction of sp³-hybridized carbons (Fsp3) is 0.333. The summed E-state index contributed by atoms with van der Waals surface area (Å²) < 4.78 is 10.3. The molecule has 5 heteroatoms. The smallest absolute Gasteiger partial charge is 0.306 e. The minimum atomic E-state index is -0.849. The number of amides is 1. The van der Waals surface area contributed by atoms with E-state index in [-0.39, 0.29) is 12.3 Å². The molecule has 0 aliphatic carbocycles. The standard InChI is InChI=1S/C21H25NO4/c1-14-5-6-15(2)19(13-14)22-21(24)16(3)26-20(23)12-9-17-7-10-18(25-4)11-8-17/h5-8,10-11,13,16H,9,12H2,1-4H3,(H,22,24)/t16-/m0/s1. The molecule has 0 aliphatic heterocycles. The normalized spacial score (nSPS) is 11.5. The average molecular weight is 355 g/mol. The van der Waals surface area contributed by atoms with Gasteiger partial charge in [0, 0.05) is 12.1 Å². The molecule has 1 atom stereocenters. The second-order valence-corrected chi connectivity index (χ2v) is 6.29. The predicted octanol–water partition coefficient (Wildman–Crippen LogP) is 3.82. The highest BCUT2D eigenvalue weighted by atomic mass is 16.5. The monoisotopic (exact) mass is 355 g/mol. The van der Waals surface area contributed by atoms with E-state index >= 15 is 0 Å². The van der Waals surface area contributed by atoms with E-state index in [4.69, 9.17) is 9.47 Å². The lowest BCUT2D eigenvalue weighted by Crippen LogP contribution is -2.30. The van der Waals surface area contributed by atoms with Gasteiger partial charge in [0.1, 0.15) is 5.75 Å². The number of aryl methyl sites for hydroxylation is 3. The van der Waals surface area contributed by atoms with Gasteiger partial charge in [-0.3, -0.25) is 9.59 Å². The average Bonchev–Trinajstić information content (AvgIpc) is 2.63. The highest BCUT2D eigenvalue weighted by molar-refractivity contribution is 5.95. The number of nitrogens with one attached hydrogen (secondary N) is 1. The van der Waals surface area contributed by atoms with Crippen molar-refractivity contribution in [1.82, 2.24) is 0 Å². The van der Waals surface area contributed by atoms with Crippen LogP contribution in [0, 0.1) is 13.8 Å². The molecule has 0 unspecified atom stereocenters. The predicted molar refractivity (Wildman–Crippen MR) is 101 cm³/mol. The Morgan fingerprint density at radius 2 is 1.77 bits per heavy atom. The Hall–Kier alpha value is -2.82. The van der Waals surface area contributed by atoms with E-state index in [2.05, 4.69) is 5.32 Å². The number of carbonyl (C=O) groups is 2. The van der Waals surface area contributed by atoms with E-state index in [0.717, 1.165) is 28.1 Å². The van der Waals surface area contributed by atoms with Crippen LogP contribution in [0.2, 0.25) is 0 Å². The zero-order valence-corrected chi connectivity index (χ0v) is 15.7. The number of carbonyl (C=O) groups excluding carboxylic acids is 2. The van der Waals surface area contributed by atoms with E-state index in [9.17, 15) is 9.59 Å². The third-order valence-corrected chi connectivity index (χ3v) is 4.11. The van der Waals surface area contributed by atoms with Crippen LogP contribution in [0.4, 0.5) is 5.69 Å². The largest absolute Gasteiger partial charge is 0.497 e. The molecular weight excluding hydrogens is 330 g/mol. The zero-order chi connectivity index (χ0) is 19.1. The van der Waals surface area contributed by atoms with E-state index in [1.165, 1.54) is 0 Å². The molecule has 2 aromatic carbocycles. The number of benzene rings is 2. The van der Waals surface area contributed by atoms with Crippen molar-refractivity contribution in [3.8, 4) is 5.75 Å². The highest BCUT2D eigenvalue weighted by Crippen LogP contribution is 2.17. The van der Waals surface area contributed by atoms with Gasteiger partial charge in [0.25, 0.3) is 5.91 Å². The molecule has 2 aromatic rings. The minimum Gasteiger partial charge on any atom is -0.497 e. The van der Waals surface area contributed by atoms with Crippen LogP contribution in [0.15, 0.2) is 42.5 Å². The summed E-state index contributed by atoms with van der Waals surface area (Å²) >= 11 is 0. The zero-order valence-electron chi connectivity index (χ0n) is 15.7. The van der Waals surface area contributed by atoms with Gasteiger partial charge < -0.3 is 14.8 Å². The van der Waals surface area contributed by atoms with Crippen molar-refractivity contribution in [2.75, 3.05) is 12.4 Å². The number of ether oxygens (including phenoxy) is 2. The van der Waals surface area contributed by atoms with Crippen molar-refractivity contribution >= 4 is 17.6 Å². The quantitative estimate of drug-likeness (QED) is 0.767. The summed E-state index contributed by atoms with van der Waals surface area (Å²) in [5.74, 6) is 0.0361. The molecule has 138 valence electrons. The molecule has 0 spiro atoms. The molecule has 0 radical (unpaired) electrons. The number of esters is 1. The molecule has 0 saturated carbocycles. The van der Waals surface area contributed by atoms with Gasteiger partial charge >= 0.3 is 5.97 Å². The Balaban J connectivity index is 1.83. The van der Waals surface area contributed by atoms with Gasteiger partial charge in [-0.2, -0.15) is 0 Å².